The fourth-order valence-corrected chi connectivity index (χ4v) is 2.76. The summed E-state index contributed by atoms with van der Waals surface area (Å²) in [5.41, 5.74) is 3.59. The van der Waals surface area contributed by atoms with Gasteiger partial charge in [0.1, 0.15) is 0 Å². The van der Waals surface area contributed by atoms with Crippen LogP contribution in [0, 0.1) is 18.3 Å². The molecule has 0 aromatic heterocycles. The number of rotatable bonds is 2. The Kier molecular flexibility index (Phi) is 4.47. The average Bonchev–Trinajstić information content (AvgIpc) is 2.40. The van der Waals surface area contributed by atoms with Crippen LogP contribution in [0.2, 0.25) is 0 Å². The predicted octanol–water partition coefficient (Wildman–Crippen LogP) is 2.78. The number of benzene rings is 1. The minimum absolute atomic E-state index is 0.274. The molecule has 0 spiro atoms. The number of hydrogen-bond acceptors (Lipinski definition) is 3. The van der Waals surface area contributed by atoms with E-state index in [1.165, 1.54) is 11.1 Å². The van der Waals surface area contributed by atoms with Crippen LogP contribution in [0.1, 0.15) is 37.5 Å². The van der Waals surface area contributed by atoms with E-state index in [4.69, 9.17) is 5.26 Å². The standard InChI is InChI=1S/C17H25N3/c1-14-11-15(12-18)5-6-16(14)13-19-7-9-20(10-8-19)17(2,3)4/h5-6,11H,7-10,13H2,1-4H3. The molecular formula is C17H25N3. The molecule has 0 radical (unpaired) electrons. The third-order valence-electron chi connectivity index (χ3n) is 4.19. The monoisotopic (exact) mass is 271 g/mol. The van der Waals surface area contributed by atoms with E-state index in [0.29, 0.717) is 0 Å². The molecule has 3 nitrogen and oxygen atoms in total. The molecule has 3 heteroatoms. The molecule has 0 N–H and O–H groups in total. The number of hydrogen-bond donors (Lipinski definition) is 0. The van der Waals surface area contributed by atoms with Crippen LogP contribution in [-0.2, 0) is 6.54 Å². The van der Waals surface area contributed by atoms with Crippen molar-refractivity contribution < 1.29 is 0 Å². The first-order valence-electron chi connectivity index (χ1n) is 7.37. The maximum Gasteiger partial charge on any atom is 0.0991 e. The Hall–Kier alpha value is -1.37. The maximum atomic E-state index is 8.91. The molecule has 0 amide bonds. The third-order valence-corrected chi connectivity index (χ3v) is 4.19. The largest absolute Gasteiger partial charge is 0.297 e. The fraction of sp³-hybridized carbons (Fsp3) is 0.588. The molecule has 1 fully saturated rings. The summed E-state index contributed by atoms with van der Waals surface area (Å²) in [6, 6.07) is 8.21. The van der Waals surface area contributed by atoms with Gasteiger partial charge in [-0.05, 0) is 51.0 Å². The summed E-state index contributed by atoms with van der Waals surface area (Å²) in [5, 5.41) is 8.91. The van der Waals surface area contributed by atoms with Gasteiger partial charge in [0, 0.05) is 38.3 Å². The molecule has 0 aliphatic carbocycles. The zero-order valence-electron chi connectivity index (χ0n) is 13.1. The molecule has 0 saturated carbocycles. The number of aryl methyl sites for hydroxylation is 1. The van der Waals surface area contributed by atoms with Crippen LogP contribution >= 0.6 is 0 Å². The van der Waals surface area contributed by atoms with Gasteiger partial charge in [-0.15, -0.1) is 0 Å². The molecule has 1 aromatic rings. The average molecular weight is 271 g/mol. The Morgan fingerprint density at radius 2 is 1.80 bits per heavy atom. The van der Waals surface area contributed by atoms with Crippen LogP contribution in [0.4, 0.5) is 0 Å². The van der Waals surface area contributed by atoms with Crippen molar-refractivity contribution in [1.82, 2.24) is 9.80 Å². The van der Waals surface area contributed by atoms with Gasteiger partial charge in [0.2, 0.25) is 0 Å². The van der Waals surface area contributed by atoms with E-state index < -0.39 is 0 Å². The lowest BCUT2D eigenvalue weighted by Crippen LogP contribution is -2.53. The first-order valence-corrected chi connectivity index (χ1v) is 7.37. The van der Waals surface area contributed by atoms with Crippen molar-refractivity contribution in [3.63, 3.8) is 0 Å². The molecule has 1 heterocycles. The van der Waals surface area contributed by atoms with Crippen LogP contribution in [0.15, 0.2) is 18.2 Å². The molecule has 2 rings (SSSR count). The normalized spacial score (nSPS) is 17.9. The topological polar surface area (TPSA) is 30.3 Å². The van der Waals surface area contributed by atoms with E-state index in [-0.39, 0.29) is 5.54 Å². The van der Waals surface area contributed by atoms with Gasteiger partial charge in [0.25, 0.3) is 0 Å². The molecule has 1 aliphatic heterocycles. The van der Waals surface area contributed by atoms with Crippen molar-refractivity contribution in [2.75, 3.05) is 26.2 Å². The predicted molar refractivity (Wildman–Crippen MR) is 82.5 cm³/mol. The van der Waals surface area contributed by atoms with E-state index in [1.807, 2.05) is 12.1 Å². The van der Waals surface area contributed by atoms with Crippen LogP contribution in [0.3, 0.4) is 0 Å². The van der Waals surface area contributed by atoms with Crippen molar-refractivity contribution >= 4 is 0 Å². The lowest BCUT2D eigenvalue weighted by molar-refractivity contribution is 0.0590. The van der Waals surface area contributed by atoms with Crippen LogP contribution in [-0.4, -0.2) is 41.5 Å². The molecule has 1 aromatic carbocycles. The van der Waals surface area contributed by atoms with Gasteiger partial charge in [-0.2, -0.15) is 5.26 Å². The van der Waals surface area contributed by atoms with E-state index >= 15 is 0 Å². The summed E-state index contributed by atoms with van der Waals surface area (Å²) in [6.07, 6.45) is 0. The zero-order chi connectivity index (χ0) is 14.8. The number of nitriles is 1. The first kappa shape index (κ1) is 15.0. The minimum Gasteiger partial charge on any atom is -0.297 e. The summed E-state index contributed by atoms with van der Waals surface area (Å²) in [6.45, 7) is 14.5. The Labute approximate surface area is 122 Å². The summed E-state index contributed by atoms with van der Waals surface area (Å²) < 4.78 is 0. The summed E-state index contributed by atoms with van der Waals surface area (Å²) in [7, 11) is 0. The molecule has 108 valence electrons. The highest BCUT2D eigenvalue weighted by atomic mass is 15.3. The highest BCUT2D eigenvalue weighted by molar-refractivity contribution is 5.37. The van der Waals surface area contributed by atoms with Crippen molar-refractivity contribution in [2.45, 2.75) is 39.8 Å². The van der Waals surface area contributed by atoms with Crippen molar-refractivity contribution in [1.29, 1.82) is 5.26 Å². The van der Waals surface area contributed by atoms with Crippen molar-refractivity contribution in [3.05, 3.63) is 34.9 Å². The fourth-order valence-electron chi connectivity index (χ4n) is 2.76. The van der Waals surface area contributed by atoms with E-state index in [2.05, 4.69) is 49.6 Å². The lowest BCUT2D eigenvalue weighted by Gasteiger charge is -2.42. The Morgan fingerprint density at radius 1 is 1.15 bits per heavy atom. The molecule has 1 aliphatic rings. The van der Waals surface area contributed by atoms with Gasteiger partial charge >= 0.3 is 0 Å². The highest BCUT2D eigenvalue weighted by Crippen LogP contribution is 2.18. The summed E-state index contributed by atoms with van der Waals surface area (Å²) in [4.78, 5) is 5.06. The van der Waals surface area contributed by atoms with Crippen molar-refractivity contribution in [2.24, 2.45) is 0 Å². The molecule has 1 saturated heterocycles. The van der Waals surface area contributed by atoms with Crippen LogP contribution < -0.4 is 0 Å². The second-order valence-corrected chi connectivity index (χ2v) is 6.69. The zero-order valence-corrected chi connectivity index (χ0v) is 13.1. The van der Waals surface area contributed by atoms with E-state index in [9.17, 15) is 0 Å². The number of piperazine rings is 1. The second-order valence-electron chi connectivity index (χ2n) is 6.69. The summed E-state index contributed by atoms with van der Waals surface area (Å²) in [5.74, 6) is 0. The maximum absolute atomic E-state index is 8.91. The minimum atomic E-state index is 0.274. The lowest BCUT2D eigenvalue weighted by atomic mass is 10.0. The quantitative estimate of drug-likeness (QED) is 0.828. The van der Waals surface area contributed by atoms with Gasteiger partial charge in [0.15, 0.2) is 0 Å². The van der Waals surface area contributed by atoms with Gasteiger partial charge in [-0.3, -0.25) is 9.80 Å². The molecule has 0 bridgehead atoms. The highest BCUT2D eigenvalue weighted by Gasteiger charge is 2.25. The van der Waals surface area contributed by atoms with Gasteiger partial charge in [0.05, 0.1) is 11.6 Å². The van der Waals surface area contributed by atoms with Gasteiger partial charge in [-0.25, -0.2) is 0 Å². The van der Waals surface area contributed by atoms with E-state index in [1.54, 1.807) is 0 Å². The van der Waals surface area contributed by atoms with Crippen LogP contribution in [0.5, 0.6) is 0 Å². The van der Waals surface area contributed by atoms with Crippen LogP contribution in [0.25, 0.3) is 0 Å². The Balaban J connectivity index is 1.95. The smallest absolute Gasteiger partial charge is 0.0991 e. The Morgan fingerprint density at radius 3 is 2.30 bits per heavy atom. The third kappa shape index (κ3) is 3.59. The second kappa shape index (κ2) is 5.95. The molecule has 20 heavy (non-hydrogen) atoms. The SMILES string of the molecule is Cc1cc(C#N)ccc1CN1CCN(C(C)(C)C)CC1. The van der Waals surface area contributed by atoms with Gasteiger partial charge < -0.3 is 0 Å². The number of nitrogens with zero attached hydrogens (tertiary/aromatic N) is 3. The van der Waals surface area contributed by atoms with Crippen molar-refractivity contribution in [3.8, 4) is 6.07 Å². The molecule has 0 unspecified atom stereocenters. The molecule has 0 atom stereocenters. The summed E-state index contributed by atoms with van der Waals surface area (Å²) >= 11 is 0. The first-order chi connectivity index (χ1) is 9.40. The van der Waals surface area contributed by atoms with E-state index in [0.717, 1.165) is 38.3 Å². The van der Waals surface area contributed by atoms with Gasteiger partial charge in [-0.1, -0.05) is 6.07 Å². The molecular weight excluding hydrogens is 246 g/mol. The Bertz CT molecular complexity index is 500.